The van der Waals surface area contributed by atoms with Crippen LogP contribution in [0.15, 0.2) is 5.16 Å². The molecule has 0 amide bonds. The first-order valence-corrected chi connectivity index (χ1v) is 6.95. The van der Waals surface area contributed by atoms with Gasteiger partial charge in [-0.15, -0.1) is 0 Å². The van der Waals surface area contributed by atoms with Crippen LogP contribution in [0.4, 0.5) is 0 Å². The van der Waals surface area contributed by atoms with Crippen molar-refractivity contribution in [3.05, 3.63) is 3.95 Å². The molecular weight excluding hydrogens is 306 g/mol. The molecule has 12 heteroatoms. The molecule has 4 N–H and O–H groups in total. The number of nitrogens with one attached hydrogen (secondary N) is 2. The maximum absolute atomic E-state index is 11.6. The molecule has 0 saturated heterocycles. The number of carboxylic acid groups (broad SMARTS) is 2. The second kappa shape index (κ2) is 5.51. The van der Waals surface area contributed by atoms with Gasteiger partial charge in [-0.3, -0.25) is 14.0 Å². The fourth-order valence-electron chi connectivity index (χ4n) is 0.928. The van der Waals surface area contributed by atoms with Crippen LogP contribution in [0, 0.1) is 3.95 Å². The SMILES string of the molecule is O=C(O)CC(NS(=O)(=O)c1nc(=S)s[nH]1)C(=O)O. The van der Waals surface area contributed by atoms with Crippen LogP contribution in [-0.2, 0) is 19.6 Å². The van der Waals surface area contributed by atoms with E-state index in [1.165, 1.54) is 0 Å². The summed E-state index contributed by atoms with van der Waals surface area (Å²) in [5.41, 5.74) is 0. The molecule has 0 bridgehead atoms. The number of nitrogens with zero attached hydrogens (tertiary/aromatic N) is 1. The summed E-state index contributed by atoms with van der Waals surface area (Å²) in [5, 5.41) is 16.6. The third-order valence-corrected chi connectivity index (χ3v) is 3.98. The van der Waals surface area contributed by atoms with Gasteiger partial charge in [0.1, 0.15) is 6.04 Å². The molecule has 0 radical (unpaired) electrons. The van der Waals surface area contributed by atoms with Crippen LogP contribution in [0.2, 0.25) is 0 Å². The number of hydrogen-bond donors (Lipinski definition) is 4. The Morgan fingerprint density at radius 1 is 1.50 bits per heavy atom. The van der Waals surface area contributed by atoms with Crippen LogP contribution in [0.1, 0.15) is 6.42 Å². The number of aliphatic carboxylic acids is 2. The lowest BCUT2D eigenvalue weighted by Crippen LogP contribution is -2.42. The Morgan fingerprint density at radius 3 is 2.50 bits per heavy atom. The van der Waals surface area contributed by atoms with Crippen molar-refractivity contribution in [3.8, 4) is 0 Å². The van der Waals surface area contributed by atoms with Gasteiger partial charge < -0.3 is 10.2 Å². The van der Waals surface area contributed by atoms with Crippen LogP contribution < -0.4 is 4.72 Å². The second-order valence-electron chi connectivity index (χ2n) is 3.00. The topological polar surface area (TPSA) is 149 Å². The molecule has 1 unspecified atom stereocenters. The quantitative estimate of drug-likeness (QED) is 0.509. The molecule has 9 nitrogen and oxygen atoms in total. The van der Waals surface area contributed by atoms with Gasteiger partial charge in [-0.05, 0) is 23.8 Å². The Morgan fingerprint density at radius 2 is 2.11 bits per heavy atom. The molecule has 0 aliphatic carbocycles. The second-order valence-corrected chi connectivity index (χ2v) is 6.07. The maximum Gasteiger partial charge on any atom is 0.322 e. The van der Waals surface area contributed by atoms with Crippen molar-refractivity contribution in [1.29, 1.82) is 0 Å². The Balaban J connectivity index is 2.96. The van der Waals surface area contributed by atoms with Crippen LogP contribution in [-0.4, -0.2) is 46.0 Å². The van der Waals surface area contributed by atoms with Gasteiger partial charge in [0.25, 0.3) is 15.2 Å². The first kappa shape index (κ1) is 14.7. The summed E-state index contributed by atoms with van der Waals surface area (Å²) in [6, 6.07) is -1.78. The normalized spacial score (nSPS) is 13.1. The number of carboxylic acids is 2. The number of aromatic amines is 1. The highest BCUT2D eigenvalue weighted by Crippen LogP contribution is 2.07. The van der Waals surface area contributed by atoms with E-state index in [1.54, 1.807) is 4.72 Å². The number of carbonyl (C=O) groups is 2. The van der Waals surface area contributed by atoms with Crippen LogP contribution in [0.25, 0.3) is 0 Å². The molecule has 0 aliphatic heterocycles. The number of aromatic nitrogens is 2. The lowest BCUT2D eigenvalue weighted by Gasteiger charge is -2.10. The van der Waals surface area contributed by atoms with E-state index in [1.807, 2.05) is 0 Å². The number of rotatable bonds is 6. The van der Waals surface area contributed by atoms with Gasteiger partial charge in [0, 0.05) is 0 Å². The molecule has 1 aromatic heterocycles. The number of sulfonamides is 1. The number of H-pyrrole nitrogens is 1. The molecule has 1 atom stereocenters. The lowest BCUT2D eigenvalue weighted by atomic mass is 10.2. The Bertz CT molecular complexity index is 617. The average Bonchev–Trinajstić information content (AvgIpc) is 2.63. The van der Waals surface area contributed by atoms with Crippen molar-refractivity contribution in [2.45, 2.75) is 17.6 Å². The van der Waals surface area contributed by atoms with Crippen LogP contribution in [0.3, 0.4) is 0 Å². The van der Waals surface area contributed by atoms with E-state index in [9.17, 15) is 18.0 Å². The zero-order valence-corrected chi connectivity index (χ0v) is 10.9. The minimum Gasteiger partial charge on any atom is -0.481 e. The molecule has 1 rings (SSSR count). The van der Waals surface area contributed by atoms with Crippen molar-refractivity contribution in [2.75, 3.05) is 0 Å². The largest absolute Gasteiger partial charge is 0.481 e. The molecule has 0 fully saturated rings. The van der Waals surface area contributed by atoms with Crippen molar-refractivity contribution in [3.63, 3.8) is 0 Å². The Labute approximate surface area is 110 Å². The predicted molar refractivity (Wildman–Crippen MR) is 61.3 cm³/mol. The number of hydrogen-bond acceptors (Lipinski definition) is 7. The summed E-state index contributed by atoms with van der Waals surface area (Å²) in [5.74, 6) is -3.05. The average molecular weight is 313 g/mol. The lowest BCUT2D eigenvalue weighted by molar-refractivity contribution is -0.145. The zero-order chi connectivity index (χ0) is 13.9. The minimum absolute atomic E-state index is 0.0282. The summed E-state index contributed by atoms with van der Waals surface area (Å²) in [4.78, 5) is 24.6. The van der Waals surface area contributed by atoms with E-state index in [0.717, 1.165) is 11.5 Å². The zero-order valence-electron chi connectivity index (χ0n) is 8.48. The van der Waals surface area contributed by atoms with Gasteiger partial charge >= 0.3 is 11.9 Å². The van der Waals surface area contributed by atoms with E-state index >= 15 is 0 Å². The molecule has 1 heterocycles. The third-order valence-electron chi connectivity index (χ3n) is 1.65. The highest BCUT2D eigenvalue weighted by atomic mass is 32.2. The van der Waals surface area contributed by atoms with E-state index < -0.39 is 39.6 Å². The molecule has 0 aliphatic rings. The van der Waals surface area contributed by atoms with Crippen molar-refractivity contribution in [1.82, 2.24) is 14.1 Å². The monoisotopic (exact) mass is 313 g/mol. The molecule has 0 spiro atoms. The molecule has 0 saturated carbocycles. The minimum atomic E-state index is -4.25. The fourth-order valence-corrected chi connectivity index (χ4v) is 3.06. The van der Waals surface area contributed by atoms with E-state index in [4.69, 9.17) is 10.2 Å². The first-order chi connectivity index (χ1) is 8.22. The summed E-state index contributed by atoms with van der Waals surface area (Å²) in [6.07, 6.45) is -0.889. The highest BCUT2D eigenvalue weighted by Gasteiger charge is 2.29. The third kappa shape index (κ3) is 3.83. The highest BCUT2D eigenvalue weighted by molar-refractivity contribution is 7.89. The van der Waals surface area contributed by atoms with Crippen molar-refractivity contribution in [2.24, 2.45) is 0 Å². The Kier molecular flexibility index (Phi) is 4.50. The van der Waals surface area contributed by atoms with Gasteiger partial charge in [0.2, 0.25) is 0 Å². The van der Waals surface area contributed by atoms with Crippen LogP contribution >= 0.6 is 23.8 Å². The molecule has 1 aromatic rings. The van der Waals surface area contributed by atoms with E-state index in [0.29, 0.717) is 0 Å². The van der Waals surface area contributed by atoms with Crippen LogP contribution in [0.5, 0.6) is 0 Å². The van der Waals surface area contributed by atoms with E-state index in [-0.39, 0.29) is 3.95 Å². The molecule has 18 heavy (non-hydrogen) atoms. The maximum atomic E-state index is 11.6. The fraction of sp³-hybridized carbons (Fsp3) is 0.333. The summed E-state index contributed by atoms with van der Waals surface area (Å²) >= 11 is 5.39. The molecule has 100 valence electrons. The summed E-state index contributed by atoms with van der Waals surface area (Å²) < 4.78 is 27.3. The molecule has 0 aromatic carbocycles. The van der Waals surface area contributed by atoms with E-state index in [2.05, 4.69) is 21.6 Å². The van der Waals surface area contributed by atoms with Gasteiger partial charge in [-0.1, -0.05) is 0 Å². The van der Waals surface area contributed by atoms with Crippen molar-refractivity contribution < 1.29 is 28.2 Å². The molecular formula is C6H7N3O6S3. The Hall–Kier alpha value is -1.37. The standard InChI is InChI=1S/C6H7N3O6S3/c10-3(11)1-2(4(12)13)9-18(14,15)5-7-6(16)17-8-5/h2,9H,1H2,(H,10,11)(H,12,13)(H,7,8,16). The van der Waals surface area contributed by atoms with Gasteiger partial charge in [-0.2, -0.15) is 9.71 Å². The van der Waals surface area contributed by atoms with Gasteiger partial charge in [0.15, 0.2) is 3.95 Å². The van der Waals surface area contributed by atoms with Gasteiger partial charge in [0.05, 0.1) is 6.42 Å². The van der Waals surface area contributed by atoms with Crippen molar-refractivity contribution >= 4 is 45.7 Å². The summed E-state index contributed by atoms with van der Waals surface area (Å²) in [7, 11) is -4.25. The first-order valence-electron chi connectivity index (χ1n) is 4.25. The smallest absolute Gasteiger partial charge is 0.322 e. The van der Waals surface area contributed by atoms with Gasteiger partial charge in [-0.25, -0.2) is 8.42 Å². The predicted octanol–water partition coefficient (Wildman–Crippen LogP) is -0.593. The summed E-state index contributed by atoms with van der Waals surface area (Å²) in [6.45, 7) is 0.